The second kappa shape index (κ2) is 8.85. The monoisotopic (exact) mass is 364 g/mol. The predicted molar refractivity (Wildman–Crippen MR) is 91.0 cm³/mol. The maximum absolute atomic E-state index is 14.7. The molecule has 0 radical (unpaired) electrons. The van der Waals surface area contributed by atoms with Crippen molar-refractivity contribution in [2.75, 3.05) is 0 Å². The molecular weight excluding hydrogens is 332 g/mol. The Kier molecular flexibility index (Phi) is 7.33. The summed E-state index contributed by atoms with van der Waals surface area (Å²) >= 11 is 0. The quantitative estimate of drug-likeness (QED) is 0.348. The molecule has 0 aliphatic heterocycles. The smallest absolute Gasteiger partial charge is 0.303 e. The third kappa shape index (κ3) is 4.77. The Morgan fingerprint density at radius 2 is 1.16 bits per heavy atom. The van der Waals surface area contributed by atoms with Crippen molar-refractivity contribution in [3.63, 3.8) is 0 Å². The second-order valence-electron chi connectivity index (χ2n) is 8.21. The Labute approximate surface area is 148 Å². The van der Waals surface area contributed by atoms with E-state index >= 15 is 0 Å². The van der Waals surface area contributed by atoms with E-state index in [1.165, 1.54) is 0 Å². The molecule has 0 unspecified atom stereocenters. The minimum Gasteiger partial charge on any atom is -0.303 e. The predicted octanol–water partition coefficient (Wildman–Crippen LogP) is 6.65. The lowest BCUT2D eigenvalue weighted by atomic mass is 9.71. The Morgan fingerprint density at radius 3 is 1.52 bits per heavy atom. The van der Waals surface area contributed by atoms with E-state index < -0.39 is 23.7 Å². The Morgan fingerprint density at radius 1 is 0.760 bits per heavy atom. The first kappa shape index (κ1) is 20.7. The molecule has 0 bridgehead atoms. The molecule has 2 fully saturated rings. The van der Waals surface area contributed by atoms with Crippen molar-refractivity contribution >= 4 is 6.29 Å². The lowest BCUT2D eigenvalue weighted by Crippen LogP contribution is -2.52. The third-order valence-corrected chi connectivity index (χ3v) is 6.55. The van der Waals surface area contributed by atoms with Gasteiger partial charge in [0.1, 0.15) is 6.29 Å². The van der Waals surface area contributed by atoms with Crippen LogP contribution in [0.15, 0.2) is 0 Å². The third-order valence-electron chi connectivity index (χ3n) is 6.55. The molecule has 146 valence electrons. The van der Waals surface area contributed by atoms with Crippen molar-refractivity contribution in [1.82, 2.24) is 0 Å². The van der Waals surface area contributed by atoms with Gasteiger partial charge < -0.3 is 4.79 Å². The van der Waals surface area contributed by atoms with E-state index in [2.05, 4.69) is 6.92 Å². The molecule has 0 amide bonds. The number of alkyl halides is 4. The molecular formula is C20H32F4O. The van der Waals surface area contributed by atoms with Crippen molar-refractivity contribution in [2.45, 2.75) is 95.8 Å². The molecule has 2 saturated carbocycles. The molecule has 2 aliphatic rings. The van der Waals surface area contributed by atoms with Crippen molar-refractivity contribution < 1.29 is 22.4 Å². The fourth-order valence-corrected chi connectivity index (χ4v) is 4.88. The maximum Gasteiger partial charge on any atom is 0.313 e. The molecule has 0 aromatic rings. The highest BCUT2D eigenvalue weighted by atomic mass is 19.3. The summed E-state index contributed by atoms with van der Waals surface area (Å²) in [6.07, 6.45) is 7.13. The zero-order chi connectivity index (χ0) is 18.5. The van der Waals surface area contributed by atoms with Crippen LogP contribution in [0.2, 0.25) is 0 Å². The molecule has 0 spiro atoms. The Bertz CT molecular complexity index is 408. The first-order valence-electron chi connectivity index (χ1n) is 10.0. The SMILES string of the molecule is CCCC1CCC(C(F)(F)C(F)(F)C2CCC(CCC=O)CC2)CC1. The van der Waals surface area contributed by atoms with Gasteiger partial charge in [0, 0.05) is 18.3 Å². The number of aldehydes is 1. The summed E-state index contributed by atoms with van der Waals surface area (Å²) < 4.78 is 58.8. The van der Waals surface area contributed by atoms with Crippen LogP contribution in [-0.2, 0) is 4.79 Å². The highest BCUT2D eigenvalue weighted by molar-refractivity contribution is 5.49. The lowest BCUT2D eigenvalue weighted by Gasteiger charge is -2.42. The molecule has 1 nitrogen and oxygen atoms in total. The summed E-state index contributed by atoms with van der Waals surface area (Å²) in [6, 6.07) is 0. The molecule has 25 heavy (non-hydrogen) atoms. The number of hydrogen-bond acceptors (Lipinski definition) is 1. The van der Waals surface area contributed by atoms with Gasteiger partial charge in [-0.05, 0) is 69.6 Å². The highest BCUT2D eigenvalue weighted by Crippen LogP contribution is 2.53. The topological polar surface area (TPSA) is 17.1 Å². The minimum absolute atomic E-state index is 0.150. The molecule has 5 heteroatoms. The van der Waals surface area contributed by atoms with Gasteiger partial charge >= 0.3 is 11.8 Å². The minimum atomic E-state index is -3.91. The van der Waals surface area contributed by atoms with E-state index in [1.807, 2.05) is 0 Å². The largest absolute Gasteiger partial charge is 0.313 e. The zero-order valence-electron chi connectivity index (χ0n) is 15.3. The number of hydrogen-bond donors (Lipinski definition) is 0. The van der Waals surface area contributed by atoms with E-state index in [-0.39, 0.29) is 31.6 Å². The van der Waals surface area contributed by atoms with Crippen molar-refractivity contribution in [3.8, 4) is 0 Å². The molecule has 0 aromatic carbocycles. The Balaban J connectivity index is 1.92. The van der Waals surface area contributed by atoms with Crippen LogP contribution in [0.25, 0.3) is 0 Å². The number of carbonyl (C=O) groups excluding carboxylic acids is 1. The second-order valence-corrected chi connectivity index (χ2v) is 8.21. The summed E-state index contributed by atoms with van der Waals surface area (Å²) in [5, 5.41) is 0. The molecule has 0 heterocycles. The number of carbonyl (C=O) groups is 1. The van der Waals surface area contributed by atoms with E-state index in [1.54, 1.807) is 0 Å². The van der Waals surface area contributed by atoms with Gasteiger partial charge in [-0.25, -0.2) is 0 Å². The van der Waals surface area contributed by atoms with Crippen LogP contribution in [0.1, 0.15) is 84.0 Å². The average molecular weight is 364 g/mol. The van der Waals surface area contributed by atoms with Crippen LogP contribution in [0.4, 0.5) is 17.6 Å². The average Bonchev–Trinajstić information content (AvgIpc) is 2.61. The zero-order valence-corrected chi connectivity index (χ0v) is 15.3. The first-order chi connectivity index (χ1) is 11.8. The van der Waals surface area contributed by atoms with Gasteiger partial charge in [-0.1, -0.05) is 19.8 Å². The summed E-state index contributed by atoms with van der Waals surface area (Å²) in [5.74, 6) is -9.55. The lowest BCUT2D eigenvalue weighted by molar-refractivity contribution is -0.270. The van der Waals surface area contributed by atoms with Gasteiger partial charge in [0.05, 0.1) is 0 Å². The molecule has 2 aliphatic carbocycles. The van der Waals surface area contributed by atoms with Gasteiger partial charge in [0.2, 0.25) is 0 Å². The fraction of sp³-hybridized carbons (Fsp3) is 0.950. The first-order valence-corrected chi connectivity index (χ1v) is 10.0. The maximum atomic E-state index is 14.7. The van der Waals surface area contributed by atoms with Gasteiger partial charge in [-0.2, -0.15) is 17.6 Å². The normalized spacial score (nSPS) is 31.7. The van der Waals surface area contributed by atoms with Gasteiger partial charge in [0.15, 0.2) is 0 Å². The van der Waals surface area contributed by atoms with Crippen molar-refractivity contribution in [3.05, 3.63) is 0 Å². The van der Waals surface area contributed by atoms with Crippen LogP contribution < -0.4 is 0 Å². The van der Waals surface area contributed by atoms with Gasteiger partial charge in [0.25, 0.3) is 0 Å². The Hall–Kier alpha value is -0.610. The van der Waals surface area contributed by atoms with Crippen molar-refractivity contribution in [2.24, 2.45) is 23.7 Å². The molecule has 0 N–H and O–H groups in total. The summed E-state index contributed by atoms with van der Waals surface area (Å²) in [4.78, 5) is 10.4. The number of rotatable bonds is 8. The number of halogens is 4. The fourth-order valence-electron chi connectivity index (χ4n) is 4.88. The summed E-state index contributed by atoms with van der Waals surface area (Å²) in [5.41, 5.74) is 0. The van der Waals surface area contributed by atoms with Gasteiger partial charge in [-0.3, -0.25) is 0 Å². The van der Waals surface area contributed by atoms with Crippen LogP contribution in [0.3, 0.4) is 0 Å². The standard InChI is InChI=1S/C20H32F4O/c1-2-4-15-6-10-17(11-7-15)19(21,22)20(23,24)18-12-8-16(9-13-18)5-3-14-25/h14-18H,2-13H2,1H3. The van der Waals surface area contributed by atoms with Crippen LogP contribution in [0, 0.1) is 23.7 Å². The van der Waals surface area contributed by atoms with Gasteiger partial charge in [-0.15, -0.1) is 0 Å². The van der Waals surface area contributed by atoms with Crippen LogP contribution in [-0.4, -0.2) is 18.1 Å². The van der Waals surface area contributed by atoms with E-state index in [4.69, 9.17) is 0 Å². The highest BCUT2D eigenvalue weighted by Gasteiger charge is 2.64. The summed E-state index contributed by atoms with van der Waals surface area (Å²) in [7, 11) is 0. The van der Waals surface area contributed by atoms with E-state index in [0.29, 0.717) is 44.4 Å². The molecule has 0 atom stereocenters. The van der Waals surface area contributed by atoms with E-state index in [9.17, 15) is 22.4 Å². The van der Waals surface area contributed by atoms with Crippen LogP contribution in [0.5, 0.6) is 0 Å². The van der Waals surface area contributed by atoms with E-state index in [0.717, 1.165) is 19.1 Å². The van der Waals surface area contributed by atoms with Crippen LogP contribution >= 0.6 is 0 Å². The molecule has 0 aromatic heterocycles. The van der Waals surface area contributed by atoms with Crippen molar-refractivity contribution in [1.29, 1.82) is 0 Å². The molecule has 2 rings (SSSR count). The summed E-state index contributed by atoms with van der Waals surface area (Å²) in [6.45, 7) is 2.07. The molecule has 0 saturated heterocycles.